The third kappa shape index (κ3) is 4.01. The summed E-state index contributed by atoms with van der Waals surface area (Å²) in [6.45, 7) is 5.32. The number of amides is 1. The number of nitrogens with zero attached hydrogens (tertiary/aromatic N) is 1. The van der Waals surface area contributed by atoms with Gasteiger partial charge >= 0.3 is 6.09 Å². The van der Waals surface area contributed by atoms with Crippen LogP contribution in [-0.4, -0.2) is 67.6 Å². The molecule has 1 amide bonds. The molecule has 0 bridgehead atoms. The van der Waals surface area contributed by atoms with E-state index in [0.717, 1.165) is 6.42 Å². The Morgan fingerprint density at radius 3 is 2.62 bits per heavy atom. The molecule has 7 nitrogen and oxygen atoms in total. The molecule has 21 heavy (non-hydrogen) atoms. The van der Waals surface area contributed by atoms with Crippen LogP contribution in [0.15, 0.2) is 0 Å². The van der Waals surface area contributed by atoms with Crippen molar-refractivity contribution in [3.05, 3.63) is 0 Å². The van der Waals surface area contributed by atoms with Crippen LogP contribution in [0.5, 0.6) is 0 Å². The Bertz CT molecular complexity index is 387. The molecule has 8 heteroatoms. The van der Waals surface area contributed by atoms with Crippen LogP contribution in [0.3, 0.4) is 0 Å². The van der Waals surface area contributed by atoms with Gasteiger partial charge in [0.05, 0.1) is 17.5 Å². The zero-order valence-corrected chi connectivity index (χ0v) is 13.3. The fraction of sp³-hybridized carbons (Fsp3) is 0.923. The number of aliphatic hydroxyl groups excluding tert-OH is 2. The SMILES string of the molecule is CC(C)(C)OC(=O)N[C@H]1CCC2SC[C@@H](C(O)O)N2C1O. The van der Waals surface area contributed by atoms with Crippen molar-refractivity contribution in [3.8, 4) is 0 Å². The molecule has 2 fully saturated rings. The minimum atomic E-state index is -1.50. The van der Waals surface area contributed by atoms with E-state index < -0.39 is 36.3 Å². The normalized spacial score (nSPS) is 33.9. The number of carbonyl (C=O) groups is 1. The summed E-state index contributed by atoms with van der Waals surface area (Å²) in [5.41, 5.74) is -0.598. The van der Waals surface area contributed by atoms with E-state index in [1.54, 1.807) is 37.4 Å². The molecule has 0 aromatic carbocycles. The van der Waals surface area contributed by atoms with E-state index in [1.165, 1.54) is 0 Å². The van der Waals surface area contributed by atoms with E-state index in [4.69, 9.17) is 4.74 Å². The lowest BCUT2D eigenvalue weighted by molar-refractivity contribution is -0.146. The van der Waals surface area contributed by atoms with Crippen LogP contribution in [-0.2, 0) is 4.74 Å². The molecule has 0 aromatic rings. The van der Waals surface area contributed by atoms with Gasteiger partial charge in [-0.2, -0.15) is 0 Å². The van der Waals surface area contributed by atoms with Crippen molar-refractivity contribution < 1.29 is 24.9 Å². The number of hydrogen-bond donors (Lipinski definition) is 4. The number of rotatable bonds is 2. The largest absolute Gasteiger partial charge is 0.444 e. The van der Waals surface area contributed by atoms with Crippen LogP contribution in [0.2, 0.25) is 0 Å². The number of alkyl carbamates (subject to hydrolysis) is 1. The second-order valence-corrected chi connectivity index (χ2v) is 7.67. The molecule has 4 N–H and O–H groups in total. The van der Waals surface area contributed by atoms with Gasteiger partial charge in [-0.05, 0) is 33.6 Å². The average Bonchev–Trinajstić information content (AvgIpc) is 2.75. The molecule has 2 rings (SSSR count). The molecule has 0 saturated carbocycles. The first-order valence-corrected chi connectivity index (χ1v) is 8.16. The van der Waals surface area contributed by atoms with Gasteiger partial charge in [-0.3, -0.25) is 4.90 Å². The second kappa shape index (κ2) is 6.29. The number of fused-ring (bicyclic) bond motifs is 1. The zero-order chi connectivity index (χ0) is 15.8. The first-order valence-electron chi connectivity index (χ1n) is 7.12. The molecule has 2 heterocycles. The van der Waals surface area contributed by atoms with E-state index in [1.807, 2.05) is 0 Å². The van der Waals surface area contributed by atoms with Crippen LogP contribution in [0.4, 0.5) is 4.79 Å². The van der Waals surface area contributed by atoms with Crippen LogP contribution in [0.25, 0.3) is 0 Å². The fourth-order valence-electron chi connectivity index (χ4n) is 2.72. The number of aliphatic hydroxyl groups is 3. The number of hydrogen-bond acceptors (Lipinski definition) is 7. The summed E-state index contributed by atoms with van der Waals surface area (Å²) in [6.07, 6.45) is -1.62. The van der Waals surface area contributed by atoms with Crippen molar-refractivity contribution in [2.45, 2.75) is 69.2 Å². The maximum absolute atomic E-state index is 11.8. The minimum Gasteiger partial charge on any atom is -0.444 e. The lowest BCUT2D eigenvalue weighted by atomic mass is 10.0. The highest BCUT2D eigenvalue weighted by Gasteiger charge is 2.47. The van der Waals surface area contributed by atoms with Gasteiger partial charge in [-0.1, -0.05) is 0 Å². The Balaban J connectivity index is 1.98. The molecule has 0 aliphatic carbocycles. The van der Waals surface area contributed by atoms with Gasteiger partial charge in [0.2, 0.25) is 0 Å². The third-order valence-corrected chi connectivity index (χ3v) is 5.01. The maximum atomic E-state index is 11.8. The van der Waals surface area contributed by atoms with Crippen molar-refractivity contribution in [2.24, 2.45) is 0 Å². The van der Waals surface area contributed by atoms with Crippen molar-refractivity contribution in [1.82, 2.24) is 10.2 Å². The van der Waals surface area contributed by atoms with Crippen molar-refractivity contribution >= 4 is 17.9 Å². The summed E-state index contributed by atoms with van der Waals surface area (Å²) in [6, 6.07) is -0.991. The summed E-state index contributed by atoms with van der Waals surface area (Å²) in [5.74, 6) is 0.554. The summed E-state index contributed by atoms with van der Waals surface area (Å²) in [5, 5.41) is 32.0. The first kappa shape index (κ1) is 16.8. The topological polar surface area (TPSA) is 102 Å². The Morgan fingerprint density at radius 2 is 2.05 bits per heavy atom. The molecule has 4 atom stereocenters. The van der Waals surface area contributed by atoms with Gasteiger partial charge < -0.3 is 25.4 Å². The molecule has 2 unspecified atom stereocenters. The molecule has 2 aliphatic heterocycles. The number of piperidine rings is 1. The van der Waals surface area contributed by atoms with Crippen LogP contribution in [0.1, 0.15) is 33.6 Å². The van der Waals surface area contributed by atoms with E-state index >= 15 is 0 Å². The van der Waals surface area contributed by atoms with E-state index in [9.17, 15) is 20.1 Å². The monoisotopic (exact) mass is 320 g/mol. The molecular formula is C13H24N2O5S. The fourth-order valence-corrected chi connectivity index (χ4v) is 4.24. The molecule has 122 valence electrons. The van der Waals surface area contributed by atoms with Crippen molar-refractivity contribution in [1.29, 1.82) is 0 Å². The number of thioether (sulfide) groups is 1. The summed E-state index contributed by atoms with van der Waals surface area (Å²) < 4.78 is 5.19. The highest BCUT2D eigenvalue weighted by Crippen LogP contribution is 2.39. The smallest absolute Gasteiger partial charge is 0.408 e. The van der Waals surface area contributed by atoms with E-state index in [0.29, 0.717) is 12.2 Å². The first-order chi connectivity index (χ1) is 9.69. The van der Waals surface area contributed by atoms with Gasteiger partial charge in [-0.15, -0.1) is 11.8 Å². The standard InChI is InChI=1S/C13H24N2O5S/c1-13(2,3)20-12(19)14-7-4-5-9-15(10(7)16)8(6-21-9)11(17)18/h7-11,16-18H,4-6H2,1-3H3,(H,14,19)/t7-,8-,9?,10?/m0/s1. The lowest BCUT2D eigenvalue weighted by Gasteiger charge is -2.42. The average molecular weight is 320 g/mol. The van der Waals surface area contributed by atoms with Crippen molar-refractivity contribution in [2.75, 3.05) is 5.75 Å². The Labute approximate surface area is 128 Å². The summed E-state index contributed by atoms with van der Waals surface area (Å²) >= 11 is 1.60. The molecule has 0 spiro atoms. The number of nitrogens with one attached hydrogen (secondary N) is 1. The maximum Gasteiger partial charge on any atom is 0.408 e. The Hall–Kier alpha value is -0.540. The molecule has 2 saturated heterocycles. The lowest BCUT2D eigenvalue weighted by Crippen LogP contribution is -2.61. The predicted molar refractivity (Wildman–Crippen MR) is 78.5 cm³/mol. The van der Waals surface area contributed by atoms with Gasteiger partial charge in [0, 0.05) is 5.75 Å². The summed E-state index contributed by atoms with van der Waals surface area (Å²) in [4.78, 5) is 13.5. The second-order valence-electron chi connectivity index (χ2n) is 6.46. The predicted octanol–water partition coefficient (Wildman–Crippen LogP) is 0.0461. The van der Waals surface area contributed by atoms with Crippen LogP contribution >= 0.6 is 11.8 Å². The highest BCUT2D eigenvalue weighted by atomic mass is 32.2. The Morgan fingerprint density at radius 1 is 1.38 bits per heavy atom. The van der Waals surface area contributed by atoms with Crippen LogP contribution in [0, 0.1) is 0 Å². The number of carbonyl (C=O) groups excluding carboxylic acids is 1. The molecular weight excluding hydrogens is 296 g/mol. The molecule has 2 aliphatic rings. The Kier molecular flexibility index (Phi) is 5.04. The van der Waals surface area contributed by atoms with Gasteiger partial charge in [0.25, 0.3) is 0 Å². The highest BCUT2D eigenvalue weighted by molar-refractivity contribution is 8.00. The third-order valence-electron chi connectivity index (χ3n) is 3.61. The minimum absolute atomic E-state index is 0.0588. The van der Waals surface area contributed by atoms with Gasteiger partial charge in [0.15, 0.2) is 6.29 Å². The number of ether oxygens (including phenoxy) is 1. The van der Waals surface area contributed by atoms with Gasteiger partial charge in [-0.25, -0.2) is 4.79 Å². The van der Waals surface area contributed by atoms with Gasteiger partial charge in [0.1, 0.15) is 11.8 Å². The van der Waals surface area contributed by atoms with E-state index in [2.05, 4.69) is 5.32 Å². The van der Waals surface area contributed by atoms with Crippen molar-refractivity contribution in [3.63, 3.8) is 0 Å². The molecule has 0 aromatic heterocycles. The summed E-state index contributed by atoms with van der Waals surface area (Å²) in [7, 11) is 0. The zero-order valence-electron chi connectivity index (χ0n) is 12.5. The quantitative estimate of drug-likeness (QED) is 0.533. The van der Waals surface area contributed by atoms with E-state index in [-0.39, 0.29) is 5.37 Å². The van der Waals surface area contributed by atoms with Crippen LogP contribution < -0.4 is 5.32 Å². The molecule has 0 radical (unpaired) electrons.